The lowest BCUT2D eigenvalue weighted by molar-refractivity contribution is -0.385. The number of ether oxygens (including phenoxy) is 1. The summed E-state index contributed by atoms with van der Waals surface area (Å²) >= 11 is 0. The summed E-state index contributed by atoms with van der Waals surface area (Å²) in [6.45, 7) is 2.65. The minimum atomic E-state index is -1.05. The molecule has 1 atom stereocenters. The summed E-state index contributed by atoms with van der Waals surface area (Å²) in [6.07, 6.45) is 0. The fourth-order valence-electron chi connectivity index (χ4n) is 1.76. The fraction of sp³-hybridized carbons (Fsp3) is 0.385. The number of benzene rings is 1. The first-order chi connectivity index (χ1) is 9.77. The first-order valence-electron chi connectivity index (χ1n) is 6.11. The smallest absolute Gasteiger partial charge is 0.312 e. The van der Waals surface area contributed by atoms with Gasteiger partial charge in [0.1, 0.15) is 0 Å². The molecule has 0 aliphatic carbocycles. The number of anilines is 1. The highest BCUT2D eigenvalue weighted by Gasteiger charge is 2.23. The number of nitro groups is 1. The summed E-state index contributed by atoms with van der Waals surface area (Å²) < 4.78 is 4.88. The highest BCUT2D eigenvalue weighted by Crippen LogP contribution is 2.31. The van der Waals surface area contributed by atoms with Crippen LogP contribution >= 0.6 is 0 Å². The van der Waals surface area contributed by atoms with Gasteiger partial charge in [-0.15, -0.1) is 0 Å². The van der Waals surface area contributed by atoms with Crippen molar-refractivity contribution in [2.24, 2.45) is 5.92 Å². The molecule has 0 fully saturated rings. The second-order valence-electron chi connectivity index (χ2n) is 4.48. The van der Waals surface area contributed by atoms with Crippen molar-refractivity contribution in [3.8, 4) is 5.75 Å². The number of methoxy groups -OCH3 is 1. The van der Waals surface area contributed by atoms with Crippen molar-refractivity contribution in [2.45, 2.75) is 13.8 Å². The minimum absolute atomic E-state index is 0.0681. The molecule has 0 spiro atoms. The van der Waals surface area contributed by atoms with E-state index in [1.165, 1.54) is 44.1 Å². The quantitative estimate of drug-likeness (QED) is 0.631. The molecule has 8 nitrogen and oxygen atoms in total. The van der Waals surface area contributed by atoms with E-state index in [9.17, 15) is 19.7 Å². The summed E-state index contributed by atoms with van der Waals surface area (Å²) in [5, 5.41) is 19.9. The molecule has 1 aromatic carbocycles. The Kier molecular flexibility index (Phi) is 5.23. The number of carbonyl (C=O) groups excluding carboxylic acids is 1. The molecule has 0 bridgehead atoms. The van der Waals surface area contributed by atoms with Gasteiger partial charge in [-0.05, 0) is 12.1 Å². The number of carbonyl (C=O) groups is 2. The number of carboxylic acid groups (broad SMARTS) is 1. The molecule has 1 amide bonds. The average molecular weight is 296 g/mol. The molecular formula is C13H16N2O6. The van der Waals surface area contributed by atoms with Crippen molar-refractivity contribution < 1.29 is 24.4 Å². The average Bonchev–Trinajstić information content (AvgIpc) is 2.43. The van der Waals surface area contributed by atoms with Crippen LogP contribution in [0, 0.1) is 16.0 Å². The molecule has 1 unspecified atom stereocenters. The topological polar surface area (TPSA) is 110 Å². The number of aliphatic carboxylic acids is 1. The van der Waals surface area contributed by atoms with E-state index in [2.05, 4.69) is 0 Å². The first kappa shape index (κ1) is 16.4. The molecule has 8 heteroatoms. The van der Waals surface area contributed by atoms with E-state index in [0.717, 1.165) is 0 Å². The molecule has 0 aromatic heterocycles. The van der Waals surface area contributed by atoms with Crippen LogP contribution in [0.3, 0.4) is 0 Å². The normalized spacial score (nSPS) is 11.6. The highest BCUT2D eigenvalue weighted by molar-refractivity contribution is 5.92. The lowest BCUT2D eigenvalue weighted by Crippen LogP contribution is -2.35. The zero-order chi connectivity index (χ0) is 16.2. The fourth-order valence-corrected chi connectivity index (χ4v) is 1.76. The van der Waals surface area contributed by atoms with Crippen LogP contribution in [0.2, 0.25) is 0 Å². The van der Waals surface area contributed by atoms with Gasteiger partial charge in [0.15, 0.2) is 5.75 Å². The third-order valence-corrected chi connectivity index (χ3v) is 2.93. The van der Waals surface area contributed by atoms with Crippen molar-refractivity contribution in [2.75, 3.05) is 18.6 Å². The molecule has 1 N–H and O–H groups in total. The van der Waals surface area contributed by atoms with E-state index in [1.807, 2.05) is 0 Å². The van der Waals surface area contributed by atoms with Crippen LogP contribution in [0.25, 0.3) is 0 Å². The van der Waals surface area contributed by atoms with Crippen LogP contribution in [0.5, 0.6) is 5.75 Å². The van der Waals surface area contributed by atoms with Crippen molar-refractivity contribution >= 4 is 23.3 Å². The molecule has 0 aliphatic rings. The van der Waals surface area contributed by atoms with Gasteiger partial charge >= 0.3 is 11.7 Å². The summed E-state index contributed by atoms with van der Waals surface area (Å²) in [5.41, 5.74) is -0.0349. The Morgan fingerprint density at radius 3 is 2.52 bits per heavy atom. The van der Waals surface area contributed by atoms with E-state index >= 15 is 0 Å². The molecule has 0 saturated carbocycles. The first-order valence-corrected chi connectivity index (χ1v) is 6.11. The predicted octanol–water partition coefficient (Wildman–Crippen LogP) is 1.68. The van der Waals surface area contributed by atoms with Gasteiger partial charge in [0, 0.05) is 19.5 Å². The number of hydrogen-bond acceptors (Lipinski definition) is 5. The van der Waals surface area contributed by atoms with E-state index in [1.54, 1.807) is 0 Å². The second-order valence-corrected chi connectivity index (χ2v) is 4.48. The van der Waals surface area contributed by atoms with Gasteiger partial charge in [-0.2, -0.15) is 0 Å². The zero-order valence-electron chi connectivity index (χ0n) is 11.9. The number of amides is 1. The van der Waals surface area contributed by atoms with Gasteiger partial charge < -0.3 is 14.7 Å². The summed E-state index contributed by atoms with van der Waals surface area (Å²) in [4.78, 5) is 34.1. The Labute approximate surface area is 121 Å². The number of rotatable bonds is 6. The Hall–Kier alpha value is -2.64. The Balaban J connectivity index is 3.20. The molecule has 0 radical (unpaired) electrons. The molecule has 1 aromatic rings. The molecular weight excluding hydrogens is 280 g/mol. The van der Waals surface area contributed by atoms with Crippen molar-refractivity contribution in [1.82, 2.24) is 0 Å². The Morgan fingerprint density at radius 1 is 1.48 bits per heavy atom. The van der Waals surface area contributed by atoms with Crippen LogP contribution in [0.4, 0.5) is 11.4 Å². The largest absolute Gasteiger partial charge is 0.490 e. The Morgan fingerprint density at radius 2 is 2.10 bits per heavy atom. The third kappa shape index (κ3) is 3.91. The van der Waals surface area contributed by atoms with Crippen LogP contribution in [0.15, 0.2) is 18.2 Å². The van der Waals surface area contributed by atoms with Crippen LogP contribution in [-0.4, -0.2) is 35.6 Å². The van der Waals surface area contributed by atoms with E-state index in [4.69, 9.17) is 9.84 Å². The van der Waals surface area contributed by atoms with Gasteiger partial charge in [-0.3, -0.25) is 19.7 Å². The predicted molar refractivity (Wildman–Crippen MR) is 74.5 cm³/mol. The number of nitro benzene ring substituents is 1. The van der Waals surface area contributed by atoms with Gasteiger partial charge in [0.05, 0.1) is 23.6 Å². The van der Waals surface area contributed by atoms with Gasteiger partial charge in [0.25, 0.3) is 0 Å². The van der Waals surface area contributed by atoms with Crippen LogP contribution in [0.1, 0.15) is 13.8 Å². The lowest BCUT2D eigenvalue weighted by Gasteiger charge is -2.23. The summed E-state index contributed by atoms with van der Waals surface area (Å²) in [6, 6.07) is 4.03. The van der Waals surface area contributed by atoms with Crippen molar-refractivity contribution in [3.05, 3.63) is 28.3 Å². The SMILES string of the molecule is COc1ccc(N(CC(C)C(=O)O)C(C)=O)cc1[N+](=O)[O-]. The molecule has 0 heterocycles. The van der Waals surface area contributed by atoms with Crippen molar-refractivity contribution in [1.29, 1.82) is 0 Å². The lowest BCUT2D eigenvalue weighted by atomic mass is 10.1. The maximum Gasteiger partial charge on any atom is 0.312 e. The summed E-state index contributed by atoms with van der Waals surface area (Å²) in [7, 11) is 1.30. The maximum atomic E-state index is 11.7. The van der Waals surface area contributed by atoms with Crippen LogP contribution < -0.4 is 9.64 Å². The second kappa shape index (κ2) is 6.69. The summed E-state index contributed by atoms with van der Waals surface area (Å²) in [5.74, 6) is -2.18. The van der Waals surface area contributed by atoms with Gasteiger partial charge in [-0.1, -0.05) is 6.92 Å². The van der Waals surface area contributed by atoms with Crippen LogP contribution in [-0.2, 0) is 9.59 Å². The van der Waals surface area contributed by atoms with E-state index < -0.39 is 22.7 Å². The number of hydrogen-bond donors (Lipinski definition) is 1. The number of nitrogens with zero attached hydrogens (tertiary/aromatic N) is 2. The molecule has 0 aliphatic heterocycles. The Bertz CT molecular complexity index is 572. The maximum absolute atomic E-state index is 11.7. The van der Waals surface area contributed by atoms with Gasteiger partial charge in [-0.25, -0.2) is 0 Å². The molecule has 21 heavy (non-hydrogen) atoms. The van der Waals surface area contributed by atoms with E-state index in [-0.39, 0.29) is 23.7 Å². The number of carboxylic acids is 1. The standard InChI is InChI=1S/C13H16N2O6/c1-8(13(17)18)7-14(9(2)16)10-4-5-12(21-3)11(6-10)15(19)20/h4-6,8H,7H2,1-3H3,(H,17,18). The zero-order valence-corrected chi connectivity index (χ0v) is 11.9. The molecule has 114 valence electrons. The molecule has 0 saturated heterocycles. The van der Waals surface area contributed by atoms with Crippen molar-refractivity contribution in [3.63, 3.8) is 0 Å². The van der Waals surface area contributed by atoms with E-state index in [0.29, 0.717) is 0 Å². The monoisotopic (exact) mass is 296 g/mol. The third-order valence-electron chi connectivity index (χ3n) is 2.93. The highest BCUT2D eigenvalue weighted by atomic mass is 16.6. The molecule has 1 rings (SSSR count). The van der Waals surface area contributed by atoms with Gasteiger partial charge in [0.2, 0.25) is 5.91 Å². The minimum Gasteiger partial charge on any atom is -0.490 e.